The molecule has 26 heavy (non-hydrogen) atoms. The third-order valence-electron chi connectivity index (χ3n) is 4.15. The number of hydrogen-bond acceptors (Lipinski definition) is 4. The third-order valence-corrected chi connectivity index (χ3v) is 4.40. The summed E-state index contributed by atoms with van der Waals surface area (Å²) in [6, 6.07) is 14.7. The fourth-order valence-electron chi connectivity index (χ4n) is 2.90. The van der Waals surface area contributed by atoms with E-state index >= 15 is 0 Å². The fourth-order valence-corrected chi connectivity index (χ4v) is 3.03. The van der Waals surface area contributed by atoms with E-state index in [4.69, 9.17) is 26.2 Å². The van der Waals surface area contributed by atoms with Gasteiger partial charge in [0.2, 0.25) is 0 Å². The molecule has 1 aliphatic rings. The van der Waals surface area contributed by atoms with E-state index in [-0.39, 0.29) is 25.0 Å². The minimum Gasteiger partial charge on any atom is -0.492 e. The van der Waals surface area contributed by atoms with Crippen molar-refractivity contribution in [2.24, 2.45) is 0 Å². The minimum atomic E-state index is -0.796. The van der Waals surface area contributed by atoms with Gasteiger partial charge in [0.25, 0.3) is 0 Å². The predicted molar refractivity (Wildman–Crippen MR) is 103 cm³/mol. The summed E-state index contributed by atoms with van der Waals surface area (Å²) in [6.07, 6.45) is 1.97. The first-order valence-electron chi connectivity index (χ1n) is 8.22. The highest BCUT2D eigenvalue weighted by Gasteiger charge is 2.26. The van der Waals surface area contributed by atoms with Gasteiger partial charge in [0.15, 0.2) is 0 Å². The highest BCUT2D eigenvalue weighted by atomic mass is 35.5. The maximum absolute atomic E-state index is 10.9. The van der Waals surface area contributed by atoms with Gasteiger partial charge in [0.05, 0.1) is 6.54 Å². The van der Waals surface area contributed by atoms with Crippen molar-refractivity contribution in [1.82, 2.24) is 4.90 Å². The average molecular weight is 398 g/mol. The summed E-state index contributed by atoms with van der Waals surface area (Å²) in [4.78, 5) is 12.8. The Hall–Kier alpha value is -1.95. The van der Waals surface area contributed by atoms with Crippen LogP contribution in [0.15, 0.2) is 48.5 Å². The van der Waals surface area contributed by atoms with Gasteiger partial charge in [-0.1, -0.05) is 11.6 Å². The molecule has 2 aromatic rings. The van der Waals surface area contributed by atoms with E-state index in [9.17, 15) is 4.79 Å². The predicted octanol–water partition coefficient (Wildman–Crippen LogP) is 4.48. The number of aliphatic carboxylic acids is 1. The first-order chi connectivity index (χ1) is 12.1. The quantitative estimate of drug-likeness (QED) is 0.745. The number of ether oxygens (including phenoxy) is 2. The second-order valence-corrected chi connectivity index (χ2v) is 6.44. The lowest BCUT2D eigenvalue weighted by Gasteiger charge is -2.22. The Morgan fingerprint density at radius 2 is 1.65 bits per heavy atom. The Labute approximate surface area is 163 Å². The van der Waals surface area contributed by atoms with Crippen LogP contribution in [-0.2, 0) is 4.79 Å². The van der Waals surface area contributed by atoms with E-state index in [1.807, 2.05) is 41.3 Å². The molecule has 5 nitrogen and oxygen atoms in total. The summed E-state index contributed by atoms with van der Waals surface area (Å²) >= 11 is 5.85. The van der Waals surface area contributed by atoms with Gasteiger partial charge < -0.3 is 14.6 Å². The van der Waals surface area contributed by atoms with E-state index in [1.165, 1.54) is 0 Å². The topological polar surface area (TPSA) is 59.0 Å². The molecule has 0 saturated carbocycles. The van der Waals surface area contributed by atoms with Crippen LogP contribution in [0, 0.1) is 0 Å². The van der Waals surface area contributed by atoms with Crippen molar-refractivity contribution in [2.45, 2.75) is 18.9 Å². The molecule has 1 N–H and O–H groups in total. The molecule has 3 rings (SSSR count). The number of carboxylic acids is 1. The lowest BCUT2D eigenvalue weighted by atomic mass is 10.2. The molecular weight excluding hydrogens is 377 g/mol. The molecule has 0 radical (unpaired) electrons. The zero-order valence-corrected chi connectivity index (χ0v) is 15.7. The van der Waals surface area contributed by atoms with Gasteiger partial charge in [-0.3, -0.25) is 9.69 Å². The molecule has 0 bridgehead atoms. The van der Waals surface area contributed by atoms with Gasteiger partial charge in [-0.25, -0.2) is 0 Å². The van der Waals surface area contributed by atoms with Crippen molar-refractivity contribution >= 4 is 30.0 Å². The number of rotatable bonds is 7. The average Bonchev–Trinajstić information content (AvgIpc) is 3.03. The van der Waals surface area contributed by atoms with E-state index in [0.717, 1.165) is 25.1 Å². The van der Waals surface area contributed by atoms with Gasteiger partial charge in [0.1, 0.15) is 23.9 Å². The van der Waals surface area contributed by atoms with Gasteiger partial charge in [0, 0.05) is 11.1 Å². The van der Waals surface area contributed by atoms with E-state index < -0.39 is 5.97 Å². The molecule has 1 aliphatic heterocycles. The normalized spacial score (nSPS) is 16.7. The van der Waals surface area contributed by atoms with Crippen LogP contribution in [0.25, 0.3) is 0 Å². The number of halogens is 2. The molecule has 0 amide bonds. The Balaban J connectivity index is 0.00000243. The van der Waals surface area contributed by atoms with Crippen LogP contribution in [-0.4, -0.2) is 41.7 Å². The minimum absolute atomic E-state index is 0. The number of nitrogens with zero attached hydrogens (tertiary/aromatic N) is 1. The highest BCUT2D eigenvalue weighted by Crippen LogP contribution is 2.25. The SMILES string of the molecule is Cl.O=C(O)CN1CCC[C@@H]1COc1ccc(Oc2ccc(Cl)cc2)cc1. The van der Waals surface area contributed by atoms with Gasteiger partial charge >= 0.3 is 5.97 Å². The summed E-state index contributed by atoms with van der Waals surface area (Å²) in [7, 11) is 0. The summed E-state index contributed by atoms with van der Waals surface area (Å²) in [6.45, 7) is 1.38. The van der Waals surface area contributed by atoms with Crippen molar-refractivity contribution in [2.75, 3.05) is 19.7 Å². The number of carboxylic acid groups (broad SMARTS) is 1. The first kappa shape index (κ1) is 20.4. The molecule has 1 fully saturated rings. The molecular formula is C19H21Cl2NO4. The standard InChI is InChI=1S/C19H20ClNO4.ClH/c20-14-3-5-17(6-4-14)25-18-9-7-16(8-10-18)24-13-15-2-1-11-21(15)12-19(22)23;/h3-10,15H,1-2,11-13H2,(H,22,23);1H/t15-;/m1./s1. The smallest absolute Gasteiger partial charge is 0.317 e. The second-order valence-electron chi connectivity index (χ2n) is 6.00. The zero-order valence-electron chi connectivity index (χ0n) is 14.1. The van der Waals surface area contributed by atoms with Gasteiger partial charge in [-0.2, -0.15) is 0 Å². The Morgan fingerprint density at radius 1 is 1.08 bits per heavy atom. The molecule has 140 valence electrons. The molecule has 0 aromatic heterocycles. The molecule has 0 aliphatic carbocycles. The van der Waals surface area contributed by atoms with Crippen LogP contribution in [0.4, 0.5) is 0 Å². The highest BCUT2D eigenvalue weighted by molar-refractivity contribution is 6.30. The number of carbonyl (C=O) groups is 1. The number of hydrogen-bond donors (Lipinski definition) is 1. The lowest BCUT2D eigenvalue weighted by molar-refractivity contribution is -0.138. The van der Waals surface area contributed by atoms with Crippen molar-refractivity contribution < 1.29 is 19.4 Å². The van der Waals surface area contributed by atoms with Crippen LogP contribution >= 0.6 is 24.0 Å². The maximum atomic E-state index is 10.9. The monoisotopic (exact) mass is 397 g/mol. The Kier molecular flexibility index (Phi) is 7.57. The third kappa shape index (κ3) is 5.80. The second kappa shape index (κ2) is 9.67. The van der Waals surface area contributed by atoms with Gasteiger partial charge in [-0.05, 0) is 67.9 Å². The fraction of sp³-hybridized carbons (Fsp3) is 0.316. The number of benzene rings is 2. The van der Waals surface area contributed by atoms with Crippen LogP contribution < -0.4 is 9.47 Å². The molecule has 1 saturated heterocycles. The van der Waals surface area contributed by atoms with Crippen molar-refractivity contribution in [1.29, 1.82) is 0 Å². The van der Waals surface area contributed by atoms with Crippen molar-refractivity contribution in [3.8, 4) is 17.2 Å². The van der Waals surface area contributed by atoms with Crippen molar-refractivity contribution in [3.63, 3.8) is 0 Å². The largest absolute Gasteiger partial charge is 0.492 e. The lowest BCUT2D eigenvalue weighted by Crippen LogP contribution is -2.37. The Bertz CT molecular complexity index is 706. The summed E-state index contributed by atoms with van der Waals surface area (Å²) in [5.74, 6) is 1.37. The van der Waals surface area contributed by atoms with Crippen LogP contribution in [0.3, 0.4) is 0 Å². The molecule has 0 unspecified atom stereocenters. The van der Waals surface area contributed by atoms with E-state index in [2.05, 4.69) is 0 Å². The summed E-state index contributed by atoms with van der Waals surface area (Å²) in [5, 5.41) is 9.61. The first-order valence-corrected chi connectivity index (χ1v) is 8.60. The van der Waals surface area contributed by atoms with Crippen LogP contribution in [0.5, 0.6) is 17.2 Å². The van der Waals surface area contributed by atoms with Crippen LogP contribution in [0.2, 0.25) is 5.02 Å². The molecule has 1 atom stereocenters. The molecule has 7 heteroatoms. The summed E-state index contributed by atoms with van der Waals surface area (Å²) in [5.41, 5.74) is 0. The summed E-state index contributed by atoms with van der Waals surface area (Å²) < 4.78 is 11.6. The van der Waals surface area contributed by atoms with Gasteiger partial charge in [-0.15, -0.1) is 12.4 Å². The maximum Gasteiger partial charge on any atom is 0.317 e. The molecule has 0 spiro atoms. The number of likely N-dealkylation sites (tertiary alicyclic amines) is 1. The van der Waals surface area contributed by atoms with Crippen LogP contribution in [0.1, 0.15) is 12.8 Å². The zero-order chi connectivity index (χ0) is 17.6. The Morgan fingerprint density at radius 3 is 2.27 bits per heavy atom. The molecule has 2 aromatic carbocycles. The van der Waals surface area contributed by atoms with E-state index in [1.54, 1.807) is 12.1 Å². The van der Waals surface area contributed by atoms with Crippen molar-refractivity contribution in [3.05, 3.63) is 53.6 Å². The van der Waals surface area contributed by atoms with E-state index in [0.29, 0.717) is 23.1 Å². The molecule has 1 heterocycles.